The lowest BCUT2D eigenvalue weighted by Crippen LogP contribution is -2.48. The van der Waals surface area contributed by atoms with Gasteiger partial charge in [0.05, 0.1) is 27.2 Å². The van der Waals surface area contributed by atoms with E-state index in [0.717, 1.165) is 11.1 Å². The van der Waals surface area contributed by atoms with E-state index >= 15 is 0 Å². The van der Waals surface area contributed by atoms with Gasteiger partial charge in [0, 0.05) is 13.1 Å². The quantitative estimate of drug-likeness (QED) is 0.635. The van der Waals surface area contributed by atoms with E-state index in [1.807, 2.05) is 30.3 Å². The summed E-state index contributed by atoms with van der Waals surface area (Å²) in [5.41, 5.74) is 1.68. The van der Waals surface area contributed by atoms with Gasteiger partial charge in [-0.25, -0.2) is 0 Å². The zero-order chi connectivity index (χ0) is 21.2. The number of ether oxygens (including phenoxy) is 2. The van der Waals surface area contributed by atoms with Crippen LogP contribution < -0.4 is 14.8 Å². The highest BCUT2D eigenvalue weighted by Gasteiger charge is 2.26. The third-order valence-electron chi connectivity index (χ3n) is 4.58. The number of aliphatic hydroxyl groups excluding tert-OH is 1. The number of carbonyl (C=O) groups is 2. The molecule has 2 aromatic rings. The number of aliphatic hydroxyl groups is 1. The van der Waals surface area contributed by atoms with Crippen molar-refractivity contribution < 1.29 is 24.2 Å². The number of benzene rings is 2. The van der Waals surface area contributed by atoms with Crippen LogP contribution in [0.4, 0.5) is 0 Å². The van der Waals surface area contributed by atoms with Crippen LogP contribution in [-0.2, 0) is 22.6 Å². The Hall–Kier alpha value is -3.06. The molecule has 1 atom stereocenters. The summed E-state index contributed by atoms with van der Waals surface area (Å²) < 4.78 is 10.5. The Labute approximate surface area is 171 Å². The lowest BCUT2D eigenvalue weighted by atomic mass is 10.1. The summed E-state index contributed by atoms with van der Waals surface area (Å²) in [6.07, 6.45) is 0.116. The van der Waals surface area contributed by atoms with Crippen molar-refractivity contribution in [3.05, 3.63) is 59.7 Å². The molecule has 0 radical (unpaired) electrons. The molecule has 0 fully saturated rings. The zero-order valence-corrected chi connectivity index (χ0v) is 17.1. The van der Waals surface area contributed by atoms with Gasteiger partial charge >= 0.3 is 0 Å². The van der Waals surface area contributed by atoms with E-state index in [0.29, 0.717) is 18.0 Å². The van der Waals surface area contributed by atoms with Crippen LogP contribution in [0, 0.1) is 0 Å². The number of amides is 2. The number of methoxy groups -OCH3 is 2. The van der Waals surface area contributed by atoms with Gasteiger partial charge in [-0.05, 0) is 30.2 Å². The number of nitrogens with one attached hydrogen (secondary N) is 1. The number of rotatable bonds is 10. The van der Waals surface area contributed by atoms with Crippen molar-refractivity contribution in [2.45, 2.75) is 25.9 Å². The Kier molecular flexibility index (Phi) is 8.48. The molecule has 0 heterocycles. The van der Waals surface area contributed by atoms with Crippen LogP contribution in [0.5, 0.6) is 11.5 Å². The maximum absolute atomic E-state index is 13.1. The first-order valence-corrected chi connectivity index (χ1v) is 9.43. The minimum Gasteiger partial charge on any atom is -0.493 e. The van der Waals surface area contributed by atoms with E-state index in [1.54, 1.807) is 44.2 Å². The number of carbonyl (C=O) groups excluding carboxylic acids is 2. The molecule has 0 aliphatic rings. The van der Waals surface area contributed by atoms with Gasteiger partial charge in [0.2, 0.25) is 11.8 Å². The molecule has 2 rings (SSSR count). The Bertz CT molecular complexity index is 810. The first kappa shape index (κ1) is 22.2. The molecule has 29 heavy (non-hydrogen) atoms. The van der Waals surface area contributed by atoms with Crippen LogP contribution in [0.2, 0.25) is 0 Å². The van der Waals surface area contributed by atoms with Crippen molar-refractivity contribution in [1.29, 1.82) is 0 Å². The van der Waals surface area contributed by atoms with Crippen molar-refractivity contribution in [2.24, 2.45) is 0 Å². The van der Waals surface area contributed by atoms with E-state index in [2.05, 4.69) is 5.32 Å². The highest BCUT2D eigenvalue weighted by molar-refractivity contribution is 5.88. The lowest BCUT2D eigenvalue weighted by Gasteiger charge is -2.29. The van der Waals surface area contributed by atoms with Gasteiger partial charge < -0.3 is 24.8 Å². The van der Waals surface area contributed by atoms with Crippen LogP contribution in [0.25, 0.3) is 0 Å². The fourth-order valence-electron chi connectivity index (χ4n) is 2.96. The van der Waals surface area contributed by atoms with Crippen LogP contribution >= 0.6 is 0 Å². The summed E-state index contributed by atoms with van der Waals surface area (Å²) in [5.74, 6) is 0.631. The molecule has 2 aromatic carbocycles. The van der Waals surface area contributed by atoms with Crippen molar-refractivity contribution in [2.75, 3.05) is 27.4 Å². The minimum atomic E-state index is -0.686. The zero-order valence-electron chi connectivity index (χ0n) is 17.1. The van der Waals surface area contributed by atoms with E-state index in [4.69, 9.17) is 14.6 Å². The molecule has 2 amide bonds. The monoisotopic (exact) mass is 400 g/mol. The van der Waals surface area contributed by atoms with Crippen LogP contribution in [-0.4, -0.2) is 55.2 Å². The molecule has 0 aliphatic heterocycles. The summed E-state index contributed by atoms with van der Waals surface area (Å²) in [5, 5.41) is 11.6. The summed E-state index contributed by atoms with van der Waals surface area (Å²) in [6, 6.07) is 14.1. The lowest BCUT2D eigenvalue weighted by molar-refractivity contribution is -0.140. The van der Waals surface area contributed by atoms with Crippen LogP contribution in [0.15, 0.2) is 48.5 Å². The number of hydrogen-bond donors (Lipinski definition) is 2. The third kappa shape index (κ3) is 6.22. The van der Waals surface area contributed by atoms with E-state index in [1.165, 1.54) is 0 Å². The second-order valence-corrected chi connectivity index (χ2v) is 6.56. The van der Waals surface area contributed by atoms with Crippen LogP contribution in [0.1, 0.15) is 18.1 Å². The number of nitrogens with zero attached hydrogens (tertiary/aromatic N) is 1. The van der Waals surface area contributed by atoms with E-state index in [-0.39, 0.29) is 31.4 Å². The molecule has 156 valence electrons. The predicted octanol–water partition coefficient (Wildman–Crippen LogP) is 1.77. The number of hydrogen-bond acceptors (Lipinski definition) is 5. The van der Waals surface area contributed by atoms with Crippen molar-refractivity contribution in [1.82, 2.24) is 10.2 Å². The highest BCUT2D eigenvalue weighted by Crippen LogP contribution is 2.28. The first-order valence-electron chi connectivity index (χ1n) is 9.43. The average Bonchev–Trinajstić information content (AvgIpc) is 2.75. The van der Waals surface area contributed by atoms with Gasteiger partial charge in [-0.1, -0.05) is 36.4 Å². The topological polar surface area (TPSA) is 88.1 Å². The predicted molar refractivity (Wildman–Crippen MR) is 110 cm³/mol. The van der Waals surface area contributed by atoms with Crippen molar-refractivity contribution in [3.8, 4) is 11.5 Å². The molecule has 2 N–H and O–H groups in total. The molecule has 0 aromatic heterocycles. The Balaban J connectivity index is 2.22. The van der Waals surface area contributed by atoms with Gasteiger partial charge in [-0.3, -0.25) is 9.59 Å². The Morgan fingerprint density at radius 2 is 1.72 bits per heavy atom. The molecular formula is C22H28N2O5. The van der Waals surface area contributed by atoms with Crippen molar-refractivity contribution in [3.63, 3.8) is 0 Å². The third-order valence-corrected chi connectivity index (χ3v) is 4.58. The van der Waals surface area contributed by atoms with Crippen molar-refractivity contribution >= 4 is 11.8 Å². The van der Waals surface area contributed by atoms with Crippen LogP contribution in [0.3, 0.4) is 0 Å². The largest absolute Gasteiger partial charge is 0.493 e. The maximum Gasteiger partial charge on any atom is 0.242 e. The second-order valence-electron chi connectivity index (χ2n) is 6.56. The van der Waals surface area contributed by atoms with Gasteiger partial charge in [0.1, 0.15) is 6.04 Å². The molecule has 0 spiro atoms. The van der Waals surface area contributed by atoms with Gasteiger partial charge in [0.25, 0.3) is 0 Å². The normalized spacial score (nSPS) is 11.4. The molecule has 0 saturated carbocycles. The Morgan fingerprint density at radius 1 is 1.03 bits per heavy atom. The summed E-state index contributed by atoms with van der Waals surface area (Å²) in [7, 11) is 3.09. The second kappa shape index (κ2) is 11.1. The van der Waals surface area contributed by atoms with Gasteiger partial charge in [0.15, 0.2) is 11.5 Å². The molecule has 0 aliphatic carbocycles. The molecule has 7 heteroatoms. The minimum absolute atomic E-state index is 0.116. The SMILES string of the molecule is COc1ccc(CC(=O)N(Cc2ccccc2)C(C)C(=O)NCCO)cc1OC. The van der Waals surface area contributed by atoms with E-state index < -0.39 is 6.04 Å². The fourth-order valence-corrected chi connectivity index (χ4v) is 2.96. The summed E-state index contributed by atoms with van der Waals surface area (Å²) >= 11 is 0. The first-order chi connectivity index (χ1) is 14.0. The van der Waals surface area contributed by atoms with Gasteiger partial charge in [-0.15, -0.1) is 0 Å². The van der Waals surface area contributed by atoms with Gasteiger partial charge in [-0.2, -0.15) is 0 Å². The summed E-state index contributed by atoms with van der Waals surface area (Å²) in [4.78, 5) is 27.1. The molecule has 7 nitrogen and oxygen atoms in total. The van der Waals surface area contributed by atoms with E-state index in [9.17, 15) is 9.59 Å². The standard InChI is InChI=1S/C22H28N2O5/c1-16(22(27)23-11-12-25)24(15-17-7-5-4-6-8-17)21(26)14-18-9-10-19(28-2)20(13-18)29-3/h4-10,13,16,25H,11-12,14-15H2,1-3H3,(H,23,27). The molecule has 0 saturated heterocycles. The highest BCUT2D eigenvalue weighted by atomic mass is 16.5. The molecule has 0 bridgehead atoms. The summed E-state index contributed by atoms with van der Waals surface area (Å²) in [6.45, 7) is 1.98. The Morgan fingerprint density at radius 3 is 2.34 bits per heavy atom. The maximum atomic E-state index is 13.1. The fraction of sp³-hybridized carbons (Fsp3) is 0.364. The average molecular weight is 400 g/mol. The molecule has 1 unspecified atom stereocenters. The molecular weight excluding hydrogens is 372 g/mol. The smallest absolute Gasteiger partial charge is 0.242 e.